The molecule has 2 rings (SSSR count). The average molecular weight is 340 g/mol. The molecule has 0 aliphatic heterocycles. The fourth-order valence-corrected chi connectivity index (χ4v) is 3.12. The summed E-state index contributed by atoms with van der Waals surface area (Å²) in [7, 11) is 0. The lowest BCUT2D eigenvalue weighted by molar-refractivity contribution is 0.547. The SMILES string of the molecule is CCNC(CSc1ccc(Br)cc1)Cc1ccoc1. The third kappa shape index (κ3) is 5.05. The minimum absolute atomic E-state index is 0.469. The van der Waals surface area contributed by atoms with Crippen LogP contribution in [-0.2, 0) is 6.42 Å². The van der Waals surface area contributed by atoms with Gasteiger partial charge in [0.1, 0.15) is 0 Å². The molecule has 1 atom stereocenters. The van der Waals surface area contributed by atoms with Crippen molar-refractivity contribution in [3.05, 3.63) is 52.9 Å². The topological polar surface area (TPSA) is 25.2 Å². The normalized spacial score (nSPS) is 12.5. The molecule has 2 nitrogen and oxygen atoms in total. The quantitative estimate of drug-likeness (QED) is 0.759. The van der Waals surface area contributed by atoms with Crippen molar-refractivity contribution in [3.8, 4) is 0 Å². The number of benzene rings is 1. The second-order valence-electron chi connectivity index (χ2n) is 4.36. The van der Waals surface area contributed by atoms with Crippen LogP contribution in [0.15, 0.2) is 56.6 Å². The highest BCUT2D eigenvalue weighted by atomic mass is 79.9. The van der Waals surface area contributed by atoms with Crippen LogP contribution in [0.2, 0.25) is 0 Å². The lowest BCUT2D eigenvalue weighted by atomic mass is 10.1. The monoisotopic (exact) mass is 339 g/mol. The highest BCUT2D eigenvalue weighted by Gasteiger charge is 2.10. The van der Waals surface area contributed by atoms with Crippen LogP contribution in [0.5, 0.6) is 0 Å². The maximum Gasteiger partial charge on any atom is 0.0935 e. The number of rotatable bonds is 7. The van der Waals surface area contributed by atoms with E-state index in [0.29, 0.717) is 6.04 Å². The van der Waals surface area contributed by atoms with Gasteiger partial charge in [0.15, 0.2) is 0 Å². The summed E-state index contributed by atoms with van der Waals surface area (Å²) in [6.07, 6.45) is 4.57. The molecule has 19 heavy (non-hydrogen) atoms. The van der Waals surface area contributed by atoms with Crippen LogP contribution in [0.25, 0.3) is 0 Å². The predicted octanol–water partition coefficient (Wildman–Crippen LogP) is 4.36. The summed E-state index contributed by atoms with van der Waals surface area (Å²) in [4.78, 5) is 1.30. The highest BCUT2D eigenvalue weighted by Crippen LogP contribution is 2.22. The van der Waals surface area contributed by atoms with Gasteiger partial charge in [-0.25, -0.2) is 0 Å². The van der Waals surface area contributed by atoms with E-state index >= 15 is 0 Å². The molecule has 0 amide bonds. The summed E-state index contributed by atoms with van der Waals surface area (Å²) in [6.45, 7) is 3.14. The molecule has 1 aromatic heterocycles. The van der Waals surface area contributed by atoms with Gasteiger partial charge in [0.2, 0.25) is 0 Å². The van der Waals surface area contributed by atoms with Crippen molar-refractivity contribution in [2.24, 2.45) is 0 Å². The van der Waals surface area contributed by atoms with Crippen LogP contribution < -0.4 is 5.32 Å². The Morgan fingerprint density at radius 3 is 2.68 bits per heavy atom. The van der Waals surface area contributed by atoms with Gasteiger partial charge in [-0.05, 0) is 48.9 Å². The van der Waals surface area contributed by atoms with E-state index in [1.165, 1.54) is 10.5 Å². The zero-order valence-corrected chi connectivity index (χ0v) is 13.3. The molecule has 2 aromatic rings. The van der Waals surface area contributed by atoms with Gasteiger partial charge in [0.25, 0.3) is 0 Å². The average Bonchev–Trinajstić information content (AvgIpc) is 2.91. The Labute approximate surface area is 127 Å². The van der Waals surface area contributed by atoms with Gasteiger partial charge in [-0.15, -0.1) is 11.8 Å². The largest absolute Gasteiger partial charge is 0.472 e. The molecular formula is C15H18BrNOS. The zero-order chi connectivity index (χ0) is 13.5. The van der Waals surface area contributed by atoms with Crippen molar-refractivity contribution < 1.29 is 4.42 Å². The first-order valence-corrected chi connectivity index (χ1v) is 8.18. The molecule has 0 fully saturated rings. The van der Waals surface area contributed by atoms with Gasteiger partial charge < -0.3 is 9.73 Å². The van der Waals surface area contributed by atoms with Crippen molar-refractivity contribution in [2.75, 3.05) is 12.3 Å². The summed E-state index contributed by atoms with van der Waals surface area (Å²) >= 11 is 5.34. The van der Waals surface area contributed by atoms with Crippen molar-refractivity contribution in [2.45, 2.75) is 24.3 Å². The summed E-state index contributed by atoms with van der Waals surface area (Å²) < 4.78 is 6.25. The highest BCUT2D eigenvalue weighted by molar-refractivity contribution is 9.10. The number of nitrogens with one attached hydrogen (secondary N) is 1. The lowest BCUT2D eigenvalue weighted by Crippen LogP contribution is -2.33. The van der Waals surface area contributed by atoms with E-state index in [-0.39, 0.29) is 0 Å². The minimum atomic E-state index is 0.469. The second kappa shape index (κ2) is 7.78. The Hall–Kier alpha value is -0.710. The molecule has 0 aliphatic carbocycles. The zero-order valence-electron chi connectivity index (χ0n) is 10.9. The fraction of sp³-hybridized carbons (Fsp3) is 0.333. The van der Waals surface area contributed by atoms with Gasteiger partial charge in [-0.2, -0.15) is 0 Å². The standard InChI is InChI=1S/C15H18BrNOS/c1-2-17-14(9-12-7-8-18-10-12)11-19-15-5-3-13(16)4-6-15/h3-8,10,14,17H,2,9,11H2,1H3. The number of thioether (sulfide) groups is 1. The van der Waals surface area contributed by atoms with Crippen LogP contribution in [0, 0.1) is 0 Å². The van der Waals surface area contributed by atoms with Crippen molar-refractivity contribution in [3.63, 3.8) is 0 Å². The number of furan rings is 1. The molecule has 0 radical (unpaired) electrons. The Bertz CT molecular complexity index is 469. The third-order valence-electron chi connectivity index (χ3n) is 2.82. The molecule has 0 saturated heterocycles. The van der Waals surface area contributed by atoms with E-state index in [1.807, 2.05) is 24.1 Å². The molecule has 1 N–H and O–H groups in total. The van der Waals surface area contributed by atoms with Crippen molar-refractivity contribution >= 4 is 27.7 Å². The molecule has 0 saturated carbocycles. The molecule has 1 aromatic carbocycles. The fourth-order valence-electron chi connectivity index (χ4n) is 1.90. The maximum atomic E-state index is 5.13. The third-order valence-corrected chi connectivity index (χ3v) is 4.52. The molecule has 0 spiro atoms. The van der Waals surface area contributed by atoms with Crippen LogP contribution in [0.1, 0.15) is 12.5 Å². The molecule has 0 bridgehead atoms. The lowest BCUT2D eigenvalue weighted by Gasteiger charge is -2.16. The summed E-state index contributed by atoms with van der Waals surface area (Å²) in [5, 5.41) is 3.53. The van der Waals surface area contributed by atoms with Crippen LogP contribution in [0.3, 0.4) is 0 Å². The van der Waals surface area contributed by atoms with Crippen LogP contribution in [-0.4, -0.2) is 18.3 Å². The molecular weight excluding hydrogens is 322 g/mol. The Morgan fingerprint density at radius 1 is 1.26 bits per heavy atom. The number of hydrogen-bond donors (Lipinski definition) is 1. The van der Waals surface area contributed by atoms with Gasteiger partial charge in [-0.3, -0.25) is 0 Å². The first kappa shape index (κ1) is 14.7. The summed E-state index contributed by atoms with van der Waals surface area (Å²) in [5.74, 6) is 1.06. The Morgan fingerprint density at radius 2 is 2.05 bits per heavy atom. The molecule has 1 unspecified atom stereocenters. The minimum Gasteiger partial charge on any atom is -0.472 e. The number of hydrogen-bond acceptors (Lipinski definition) is 3. The van der Waals surface area contributed by atoms with E-state index in [4.69, 9.17) is 4.42 Å². The van der Waals surface area contributed by atoms with Crippen LogP contribution in [0.4, 0.5) is 0 Å². The van der Waals surface area contributed by atoms with E-state index in [0.717, 1.165) is 23.2 Å². The summed E-state index contributed by atoms with van der Waals surface area (Å²) in [5.41, 5.74) is 1.25. The van der Waals surface area contributed by atoms with Gasteiger partial charge in [0.05, 0.1) is 12.5 Å². The first-order chi connectivity index (χ1) is 9.28. The van der Waals surface area contributed by atoms with Gasteiger partial charge >= 0.3 is 0 Å². The number of likely N-dealkylation sites (N-methyl/N-ethyl adjacent to an activating group) is 1. The van der Waals surface area contributed by atoms with Crippen molar-refractivity contribution in [1.82, 2.24) is 5.32 Å². The van der Waals surface area contributed by atoms with E-state index in [9.17, 15) is 0 Å². The predicted molar refractivity (Wildman–Crippen MR) is 84.7 cm³/mol. The van der Waals surface area contributed by atoms with E-state index in [2.05, 4.69) is 52.4 Å². The molecule has 4 heteroatoms. The first-order valence-electron chi connectivity index (χ1n) is 6.40. The smallest absolute Gasteiger partial charge is 0.0935 e. The molecule has 1 heterocycles. The van der Waals surface area contributed by atoms with E-state index in [1.54, 1.807) is 6.26 Å². The molecule has 0 aliphatic rings. The second-order valence-corrected chi connectivity index (χ2v) is 6.36. The van der Waals surface area contributed by atoms with Gasteiger partial charge in [-0.1, -0.05) is 22.9 Å². The Balaban J connectivity index is 1.87. The summed E-state index contributed by atoms with van der Waals surface area (Å²) in [6, 6.07) is 11.0. The molecule has 102 valence electrons. The Kier molecular flexibility index (Phi) is 6.01. The van der Waals surface area contributed by atoms with Crippen molar-refractivity contribution in [1.29, 1.82) is 0 Å². The maximum absolute atomic E-state index is 5.13. The number of halogens is 1. The van der Waals surface area contributed by atoms with Crippen LogP contribution >= 0.6 is 27.7 Å². The van der Waals surface area contributed by atoms with E-state index < -0.39 is 0 Å². The van der Waals surface area contributed by atoms with Gasteiger partial charge in [0, 0.05) is 21.2 Å².